The second kappa shape index (κ2) is 5.00. The maximum Gasteiger partial charge on any atom is 0.301 e. The highest BCUT2D eigenvalue weighted by Gasteiger charge is 2.28. The van der Waals surface area contributed by atoms with Crippen LogP contribution in [0.4, 0.5) is 17.1 Å². The van der Waals surface area contributed by atoms with Crippen molar-refractivity contribution < 1.29 is 9.85 Å². The van der Waals surface area contributed by atoms with Gasteiger partial charge in [-0.05, 0) is 12.1 Å². The summed E-state index contributed by atoms with van der Waals surface area (Å²) in [5.74, 6) is 0. The summed E-state index contributed by atoms with van der Waals surface area (Å²) < 4.78 is 1.58. The zero-order chi connectivity index (χ0) is 14.9. The van der Waals surface area contributed by atoms with Crippen molar-refractivity contribution >= 4 is 17.1 Å². The van der Waals surface area contributed by atoms with Crippen LogP contribution >= 0.6 is 0 Å². The van der Waals surface area contributed by atoms with Gasteiger partial charge in [0.15, 0.2) is 5.69 Å². The minimum atomic E-state index is -0.616. The van der Waals surface area contributed by atoms with E-state index < -0.39 is 9.85 Å². The first-order valence-corrected chi connectivity index (χ1v) is 5.69. The Morgan fingerprint density at radius 2 is 1.45 bits per heavy atom. The second-order valence-corrected chi connectivity index (χ2v) is 4.33. The molecular formula is C12H12N4O4. The number of hydrogen-bond donors (Lipinski definition) is 0. The third-order valence-corrected chi connectivity index (χ3v) is 2.80. The molecular weight excluding hydrogens is 264 g/mol. The molecule has 1 aromatic heterocycles. The number of rotatable bonds is 4. The number of aromatic nitrogens is 1. The lowest BCUT2D eigenvalue weighted by Crippen LogP contribution is -2.14. The molecule has 0 amide bonds. The summed E-state index contributed by atoms with van der Waals surface area (Å²) in [5, 5.41) is 22.3. The van der Waals surface area contributed by atoms with Crippen molar-refractivity contribution in [2.45, 2.75) is 0 Å². The van der Waals surface area contributed by atoms with Gasteiger partial charge in [0.05, 0.1) is 15.5 Å². The fourth-order valence-corrected chi connectivity index (χ4v) is 1.98. The molecule has 0 atom stereocenters. The summed E-state index contributed by atoms with van der Waals surface area (Å²) in [6.07, 6.45) is 3.33. The Bertz CT molecular complexity index is 629. The Morgan fingerprint density at radius 1 is 1.00 bits per heavy atom. The Hall–Kier alpha value is -2.90. The fourth-order valence-electron chi connectivity index (χ4n) is 1.98. The topological polar surface area (TPSA) is 94.4 Å². The van der Waals surface area contributed by atoms with Gasteiger partial charge in [-0.25, -0.2) is 0 Å². The smallest absolute Gasteiger partial charge is 0.301 e. The van der Waals surface area contributed by atoms with Crippen molar-refractivity contribution in [2.24, 2.45) is 0 Å². The third kappa shape index (κ3) is 2.30. The molecule has 1 aromatic carbocycles. The van der Waals surface area contributed by atoms with Gasteiger partial charge in [-0.2, -0.15) is 0 Å². The minimum Gasteiger partial charge on any atom is -0.366 e. The molecule has 8 nitrogen and oxygen atoms in total. The number of nitro benzene ring substituents is 2. The van der Waals surface area contributed by atoms with Gasteiger partial charge in [0.25, 0.3) is 0 Å². The Morgan fingerprint density at radius 3 is 1.80 bits per heavy atom. The standard InChI is InChI=1S/C12H12N4O4/c1-13(2)12-10(15(17)18)7-9(8-11(12)16(19)20)14-5-3-4-6-14/h3-8H,1-2H3. The van der Waals surface area contributed by atoms with E-state index in [0.29, 0.717) is 5.69 Å². The van der Waals surface area contributed by atoms with Crippen molar-refractivity contribution in [1.29, 1.82) is 0 Å². The molecule has 0 fully saturated rings. The molecule has 0 saturated heterocycles. The molecule has 104 valence electrons. The first-order chi connectivity index (χ1) is 9.41. The van der Waals surface area contributed by atoms with Crippen molar-refractivity contribution in [1.82, 2.24) is 4.57 Å². The van der Waals surface area contributed by atoms with Gasteiger partial charge >= 0.3 is 11.4 Å². The van der Waals surface area contributed by atoms with Crippen LogP contribution in [0.15, 0.2) is 36.7 Å². The van der Waals surface area contributed by atoms with Crippen molar-refractivity contribution in [3.63, 3.8) is 0 Å². The summed E-state index contributed by atoms with van der Waals surface area (Å²) in [6.45, 7) is 0. The molecule has 8 heteroatoms. The summed E-state index contributed by atoms with van der Waals surface area (Å²) in [6, 6.07) is 6.11. The first-order valence-electron chi connectivity index (χ1n) is 5.69. The number of hydrogen-bond acceptors (Lipinski definition) is 5. The van der Waals surface area contributed by atoms with Crippen LogP contribution in [0.5, 0.6) is 0 Å². The van der Waals surface area contributed by atoms with Crippen LogP contribution in [0.2, 0.25) is 0 Å². The lowest BCUT2D eigenvalue weighted by atomic mass is 10.2. The Labute approximate surface area is 114 Å². The van der Waals surface area contributed by atoms with Gasteiger partial charge in [0.1, 0.15) is 0 Å². The van der Waals surface area contributed by atoms with Gasteiger partial charge in [-0.15, -0.1) is 0 Å². The van der Waals surface area contributed by atoms with Gasteiger partial charge in [0.2, 0.25) is 0 Å². The third-order valence-electron chi connectivity index (χ3n) is 2.80. The molecule has 0 spiro atoms. The van der Waals surface area contributed by atoms with Crippen LogP contribution in [0.25, 0.3) is 5.69 Å². The monoisotopic (exact) mass is 276 g/mol. The molecule has 20 heavy (non-hydrogen) atoms. The molecule has 2 rings (SSSR count). The molecule has 2 aromatic rings. The highest BCUT2D eigenvalue weighted by Crippen LogP contribution is 2.38. The quantitative estimate of drug-likeness (QED) is 0.631. The van der Waals surface area contributed by atoms with Gasteiger partial charge < -0.3 is 9.47 Å². The van der Waals surface area contributed by atoms with Crippen LogP contribution < -0.4 is 4.90 Å². The van der Waals surface area contributed by atoms with Crippen LogP contribution in [0.3, 0.4) is 0 Å². The van der Waals surface area contributed by atoms with Crippen LogP contribution in [-0.4, -0.2) is 28.5 Å². The molecule has 0 bridgehead atoms. The number of nitro groups is 2. The van der Waals surface area contributed by atoms with Crippen molar-refractivity contribution in [3.8, 4) is 5.69 Å². The Balaban J connectivity index is 2.77. The van der Waals surface area contributed by atoms with E-state index in [4.69, 9.17) is 0 Å². The predicted octanol–water partition coefficient (Wildman–Crippen LogP) is 2.36. The van der Waals surface area contributed by atoms with Gasteiger partial charge in [-0.1, -0.05) is 0 Å². The highest BCUT2D eigenvalue weighted by atomic mass is 16.6. The molecule has 0 unspecified atom stereocenters. The molecule has 1 heterocycles. The number of anilines is 1. The average Bonchev–Trinajstić information content (AvgIpc) is 2.90. The van der Waals surface area contributed by atoms with E-state index in [1.165, 1.54) is 31.1 Å². The largest absolute Gasteiger partial charge is 0.366 e. The van der Waals surface area contributed by atoms with E-state index in [0.717, 1.165) is 0 Å². The molecule has 0 saturated carbocycles. The maximum absolute atomic E-state index is 11.2. The normalized spacial score (nSPS) is 10.3. The zero-order valence-corrected chi connectivity index (χ0v) is 10.9. The lowest BCUT2D eigenvalue weighted by Gasteiger charge is -2.14. The Kier molecular flexibility index (Phi) is 3.38. The lowest BCUT2D eigenvalue weighted by molar-refractivity contribution is -0.392. The van der Waals surface area contributed by atoms with Crippen LogP contribution in [0.1, 0.15) is 0 Å². The van der Waals surface area contributed by atoms with Crippen molar-refractivity contribution in [3.05, 3.63) is 56.9 Å². The zero-order valence-electron chi connectivity index (χ0n) is 10.9. The van der Waals surface area contributed by atoms with E-state index in [1.807, 2.05) is 0 Å². The average molecular weight is 276 g/mol. The van der Waals surface area contributed by atoms with Crippen LogP contribution in [0, 0.1) is 20.2 Å². The van der Waals surface area contributed by atoms with Gasteiger partial charge in [0, 0.05) is 38.6 Å². The van der Waals surface area contributed by atoms with E-state index >= 15 is 0 Å². The maximum atomic E-state index is 11.2. The SMILES string of the molecule is CN(C)c1c([N+](=O)[O-])cc(-n2cccc2)cc1[N+](=O)[O-]. The molecule has 0 aliphatic rings. The second-order valence-electron chi connectivity index (χ2n) is 4.33. The van der Waals surface area contributed by atoms with E-state index in [1.54, 1.807) is 29.1 Å². The van der Waals surface area contributed by atoms with E-state index in [-0.39, 0.29) is 17.1 Å². The molecule has 0 aliphatic carbocycles. The van der Waals surface area contributed by atoms with E-state index in [9.17, 15) is 20.2 Å². The van der Waals surface area contributed by atoms with E-state index in [2.05, 4.69) is 0 Å². The van der Waals surface area contributed by atoms with Crippen LogP contribution in [-0.2, 0) is 0 Å². The number of nitrogens with zero attached hydrogens (tertiary/aromatic N) is 4. The summed E-state index contributed by atoms with van der Waals surface area (Å²) in [5.41, 5.74) is -0.240. The van der Waals surface area contributed by atoms with Gasteiger partial charge in [-0.3, -0.25) is 20.2 Å². The minimum absolute atomic E-state index is 0.0177. The summed E-state index contributed by atoms with van der Waals surface area (Å²) in [4.78, 5) is 22.5. The fraction of sp³-hybridized carbons (Fsp3) is 0.167. The highest BCUT2D eigenvalue weighted by molar-refractivity contribution is 5.77. The van der Waals surface area contributed by atoms with Crippen molar-refractivity contribution in [2.75, 3.05) is 19.0 Å². The molecule has 0 radical (unpaired) electrons. The predicted molar refractivity (Wildman–Crippen MR) is 73.4 cm³/mol. The number of benzene rings is 1. The molecule has 0 aliphatic heterocycles. The summed E-state index contributed by atoms with van der Waals surface area (Å²) in [7, 11) is 3.06. The first kappa shape index (κ1) is 13.5. The summed E-state index contributed by atoms with van der Waals surface area (Å²) >= 11 is 0. The molecule has 0 N–H and O–H groups in total.